The van der Waals surface area contributed by atoms with Crippen LogP contribution in [0.25, 0.3) is 11.1 Å². The van der Waals surface area contributed by atoms with Gasteiger partial charge in [0.05, 0.1) is 22.0 Å². The van der Waals surface area contributed by atoms with Gasteiger partial charge >= 0.3 is 0 Å². The van der Waals surface area contributed by atoms with Gasteiger partial charge in [0.15, 0.2) is 5.58 Å². The molecule has 1 aromatic heterocycles. The lowest BCUT2D eigenvalue weighted by Gasteiger charge is -1.99. The van der Waals surface area contributed by atoms with Crippen molar-refractivity contribution in [1.82, 2.24) is 10.4 Å². The first-order chi connectivity index (χ1) is 11.6. The fraction of sp³-hybridized carbons (Fsp3) is 0.0625. The first kappa shape index (κ1) is 16.8. The van der Waals surface area contributed by atoms with Crippen molar-refractivity contribution in [3.05, 3.63) is 58.1 Å². The van der Waals surface area contributed by atoms with Gasteiger partial charge in [0.1, 0.15) is 5.52 Å². The number of nitrogens with one attached hydrogen (secondary N) is 1. The monoisotopic (exact) mass is 379 g/mol. The Bertz CT molecular complexity index is 878. The highest BCUT2D eigenvalue weighted by molar-refractivity contribution is 7.99. The molecule has 1 N–H and O–H groups in total. The number of aromatic nitrogens is 1. The van der Waals surface area contributed by atoms with Crippen molar-refractivity contribution in [2.24, 2.45) is 5.10 Å². The van der Waals surface area contributed by atoms with Crippen molar-refractivity contribution < 1.29 is 9.21 Å². The minimum atomic E-state index is -0.265. The second-order valence-electron chi connectivity index (χ2n) is 4.70. The van der Waals surface area contributed by atoms with Crippen LogP contribution in [-0.4, -0.2) is 22.9 Å². The number of oxazole rings is 1. The summed E-state index contributed by atoms with van der Waals surface area (Å²) in [7, 11) is 0. The van der Waals surface area contributed by atoms with Crippen LogP contribution in [0.3, 0.4) is 0 Å². The number of rotatable bonds is 5. The molecule has 0 radical (unpaired) electrons. The molecule has 122 valence electrons. The predicted octanol–water partition coefficient (Wildman–Crippen LogP) is 4.38. The van der Waals surface area contributed by atoms with Gasteiger partial charge in [-0.05, 0) is 29.8 Å². The van der Waals surface area contributed by atoms with E-state index in [1.54, 1.807) is 18.2 Å². The summed E-state index contributed by atoms with van der Waals surface area (Å²) in [6.07, 6.45) is 1.49. The van der Waals surface area contributed by atoms with E-state index in [2.05, 4.69) is 15.5 Å². The molecular formula is C16H11Cl2N3O2S. The average Bonchev–Trinajstić information content (AvgIpc) is 2.99. The van der Waals surface area contributed by atoms with Crippen LogP contribution in [-0.2, 0) is 4.79 Å². The molecule has 0 bridgehead atoms. The third-order valence-corrected chi connectivity index (χ3v) is 4.51. The number of hydrazone groups is 1. The van der Waals surface area contributed by atoms with Crippen LogP contribution in [0, 0.1) is 0 Å². The molecule has 24 heavy (non-hydrogen) atoms. The van der Waals surface area contributed by atoms with Crippen molar-refractivity contribution in [3.8, 4) is 0 Å². The van der Waals surface area contributed by atoms with E-state index in [4.69, 9.17) is 27.6 Å². The number of thioether (sulfide) groups is 1. The quantitative estimate of drug-likeness (QED) is 0.405. The summed E-state index contributed by atoms with van der Waals surface area (Å²) in [5.74, 6) is -0.121. The lowest BCUT2D eigenvalue weighted by atomic mass is 10.2. The van der Waals surface area contributed by atoms with Crippen molar-refractivity contribution >= 4 is 58.2 Å². The summed E-state index contributed by atoms with van der Waals surface area (Å²) in [5.41, 5.74) is 4.62. The first-order valence-corrected chi connectivity index (χ1v) is 8.61. The Kier molecular flexibility index (Phi) is 5.40. The molecule has 0 fully saturated rings. The number of halogens is 2. The average molecular weight is 380 g/mol. The van der Waals surface area contributed by atoms with Gasteiger partial charge in [0.2, 0.25) is 0 Å². The highest BCUT2D eigenvalue weighted by Crippen LogP contribution is 2.23. The second kappa shape index (κ2) is 7.70. The maximum Gasteiger partial charge on any atom is 0.257 e. The standard InChI is InChI=1S/C16H11Cl2N3O2S/c17-11-6-5-10(7-12(11)18)8-19-21-15(22)9-24-16-20-13-3-1-2-4-14(13)23-16/h1-8H,9H2,(H,21,22). The summed E-state index contributed by atoms with van der Waals surface area (Å²) in [4.78, 5) is 16.1. The smallest absolute Gasteiger partial charge is 0.257 e. The number of hydrogen-bond donors (Lipinski definition) is 1. The van der Waals surface area contributed by atoms with Crippen molar-refractivity contribution in [2.45, 2.75) is 5.22 Å². The van der Waals surface area contributed by atoms with Crippen LogP contribution in [0.15, 0.2) is 57.2 Å². The first-order valence-electron chi connectivity index (χ1n) is 6.87. The van der Waals surface area contributed by atoms with Gasteiger partial charge in [-0.25, -0.2) is 10.4 Å². The Morgan fingerprint density at radius 2 is 2.08 bits per heavy atom. The largest absolute Gasteiger partial charge is 0.431 e. The molecule has 5 nitrogen and oxygen atoms in total. The molecule has 0 aliphatic heterocycles. The summed E-state index contributed by atoms with van der Waals surface area (Å²) in [5, 5.41) is 5.22. The molecule has 3 rings (SSSR count). The zero-order chi connectivity index (χ0) is 16.9. The summed E-state index contributed by atoms with van der Waals surface area (Å²) in [6.45, 7) is 0. The molecule has 1 heterocycles. The Balaban J connectivity index is 1.51. The van der Waals surface area contributed by atoms with E-state index in [0.717, 1.165) is 11.1 Å². The van der Waals surface area contributed by atoms with Gasteiger partial charge in [0.25, 0.3) is 11.1 Å². The van der Waals surface area contributed by atoms with E-state index in [1.165, 1.54) is 18.0 Å². The zero-order valence-electron chi connectivity index (χ0n) is 12.2. The SMILES string of the molecule is O=C(CSc1nc2ccccc2o1)NN=Cc1ccc(Cl)c(Cl)c1. The molecular weight excluding hydrogens is 369 g/mol. The van der Waals surface area contributed by atoms with Gasteiger partial charge in [0, 0.05) is 0 Å². The van der Waals surface area contributed by atoms with Crippen LogP contribution in [0.5, 0.6) is 0 Å². The van der Waals surface area contributed by atoms with Crippen LogP contribution in [0.1, 0.15) is 5.56 Å². The van der Waals surface area contributed by atoms with Gasteiger partial charge in [-0.1, -0.05) is 53.2 Å². The Morgan fingerprint density at radius 1 is 1.25 bits per heavy atom. The molecule has 0 spiro atoms. The zero-order valence-corrected chi connectivity index (χ0v) is 14.5. The van der Waals surface area contributed by atoms with Crippen LogP contribution < -0.4 is 5.43 Å². The van der Waals surface area contributed by atoms with E-state index in [-0.39, 0.29) is 11.7 Å². The summed E-state index contributed by atoms with van der Waals surface area (Å²) in [6, 6.07) is 12.5. The van der Waals surface area contributed by atoms with E-state index < -0.39 is 0 Å². The molecule has 0 saturated carbocycles. The maximum absolute atomic E-state index is 11.8. The maximum atomic E-state index is 11.8. The predicted molar refractivity (Wildman–Crippen MR) is 96.9 cm³/mol. The van der Waals surface area contributed by atoms with Crippen LogP contribution in [0.2, 0.25) is 10.0 Å². The highest BCUT2D eigenvalue weighted by atomic mass is 35.5. The Labute approximate surface area is 152 Å². The van der Waals surface area contributed by atoms with E-state index in [1.807, 2.05) is 24.3 Å². The molecule has 0 aliphatic carbocycles. The molecule has 0 unspecified atom stereocenters. The number of carbonyl (C=O) groups excluding carboxylic acids is 1. The molecule has 0 saturated heterocycles. The molecule has 0 atom stereocenters. The number of benzene rings is 2. The lowest BCUT2D eigenvalue weighted by molar-refractivity contribution is -0.118. The Morgan fingerprint density at radius 3 is 2.88 bits per heavy atom. The molecule has 1 amide bonds. The topological polar surface area (TPSA) is 67.5 Å². The van der Waals surface area contributed by atoms with Crippen molar-refractivity contribution in [3.63, 3.8) is 0 Å². The third-order valence-electron chi connectivity index (χ3n) is 2.95. The van der Waals surface area contributed by atoms with Gasteiger partial charge in [-0.3, -0.25) is 4.79 Å². The number of fused-ring (bicyclic) bond motifs is 1. The molecule has 2 aromatic carbocycles. The molecule has 0 aliphatic rings. The van der Waals surface area contributed by atoms with E-state index in [0.29, 0.717) is 20.9 Å². The number of nitrogens with zero attached hydrogens (tertiary/aromatic N) is 2. The number of hydrogen-bond acceptors (Lipinski definition) is 5. The lowest BCUT2D eigenvalue weighted by Crippen LogP contribution is -2.19. The van der Waals surface area contributed by atoms with Gasteiger partial charge < -0.3 is 4.42 Å². The minimum absolute atomic E-state index is 0.144. The minimum Gasteiger partial charge on any atom is -0.431 e. The Hall–Kier alpha value is -2.02. The fourth-order valence-electron chi connectivity index (χ4n) is 1.84. The summed E-state index contributed by atoms with van der Waals surface area (Å²) < 4.78 is 5.52. The number of carbonyl (C=O) groups is 1. The summed E-state index contributed by atoms with van der Waals surface area (Å²) >= 11 is 12.9. The van der Waals surface area contributed by atoms with E-state index in [9.17, 15) is 4.79 Å². The van der Waals surface area contributed by atoms with Crippen LogP contribution in [0.4, 0.5) is 0 Å². The van der Waals surface area contributed by atoms with Gasteiger partial charge in [-0.2, -0.15) is 5.10 Å². The second-order valence-corrected chi connectivity index (χ2v) is 6.44. The van der Waals surface area contributed by atoms with Crippen molar-refractivity contribution in [1.29, 1.82) is 0 Å². The number of para-hydroxylation sites is 2. The van der Waals surface area contributed by atoms with E-state index >= 15 is 0 Å². The van der Waals surface area contributed by atoms with Gasteiger partial charge in [-0.15, -0.1) is 0 Å². The third kappa shape index (κ3) is 4.29. The number of amides is 1. The molecule has 3 aromatic rings. The van der Waals surface area contributed by atoms with Crippen LogP contribution >= 0.6 is 35.0 Å². The fourth-order valence-corrected chi connectivity index (χ4v) is 2.78. The molecule has 8 heteroatoms. The highest BCUT2D eigenvalue weighted by Gasteiger charge is 2.08. The van der Waals surface area contributed by atoms with Crippen molar-refractivity contribution in [2.75, 3.05) is 5.75 Å². The normalized spacial score (nSPS) is 11.2.